The SMILES string of the molecule is Cc1nnc(-c2ccc3nnc(NC(=O)CN4C[C@H]5C[C@@H]4CO5)cc3c2)s1. The second-order valence-electron chi connectivity index (χ2n) is 6.95. The number of amides is 1. The fourth-order valence-electron chi connectivity index (χ4n) is 3.69. The maximum atomic E-state index is 12.4. The van der Waals surface area contributed by atoms with E-state index in [9.17, 15) is 4.79 Å². The largest absolute Gasteiger partial charge is 0.375 e. The van der Waals surface area contributed by atoms with Crippen LogP contribution in [-0.4, -0.2) is 63.0 Å². The number of ether oxygens (including phenoxy) is 1. The van der Waals surface area contributed by atoms with Crippen LogP contribution in [0, 0.1) is 6.92 Å². The van der Waals surface area contributed by atoms with Crippen LogP contribution in [0.4, 0.5) is 5.82 Å². The van der Waals surface area contributed by atoms with E-state index >= 15 is 0 Å². The minimum atomic E-state index is -0.0768. The second-order valence-corrected chi connectivity index (χ2v) is 8.13. The van der Waals surface area contributed by atoms with Gasteiger partial charge in [-0.25, -0.2) is 0 Å². The fourth-order valence-corrected chi connectivity index (χ4v) is 4.38. The van der Waals surface area contributed by atoms with Crippen molar-refractivity contribution in [3.8, 4) is 10.6 Å². The van der Waals surface area contributed by atoms with E-state index in [0.29, 0.717) is 18.4 Å². The van der Waals surface area contributed by atoms with Crippen LogP contribution in [0.5, 0.6) is 0 Å². The monoisotopic (exact) mass is 382 g/mol. The number of rotatable bonds is 4. The number of likely N-dealkylation sites (tertiary alicyclic amines) is 1. The first-order valence-electron chi connectivity index (χ1n) is 8.87. The third kappa shape index (κ3) is 3.29. The summed E-state index contributed by atoms with van der Waals surface area (Å²) in [5.41, 5.74) is 1.75. The van der Waals surface area contributed by atoms with Gasteiger partial charge in [0.25, 0.3) is 0 Å². The Morgan fingerprint density at radius 2 is 2.22 bits per heavy atom. The lowest BCUT2D eigenvalue weighted by Crippen LogP contribution is -2.41. The Morgan fingerprint density at radius 3 is 2.96 bits per heavy atom. The van der Waals surface area contributed by atoms with Crippen molar-refractivity contribution < 1.29 is 9.53 Å². The summed E-state index contributed by atoms with van der Waals surface area (Å²) in [4.78, 5) is 14.6. The molecule has 0 saturated carbocycles. The van der Waals surface area contributed by atoms with Crippen LogP contribution in [0.1, 0.15) is 11.4 Å². The Bertz CT molecular complexity index is 1020. The van der Waals surface area contributed by atoms with E-state index in [1.807, 2.05) is 31.2 Å². The van der Waals surface area contributed by atoms with Crippen molar-refractivity contribution in [1.82, 2.24) is 25.3 Å². The number of benzene rings is 1. The third-order valence-electron chi connectivity index (χ3n) is 4.99. The first kappa shape index (κ1) is 16.7. The second kappa shape index (κ2) is 6.59. The minimum Gasteiger partial charge on any atom is -0.375 e. The lowest BCUT2D eigenvalue weighted by atomic mass is 10.1. The smallest absolute Gasteiger partial charge is 0.239 e. The molecule has 2 atom stereocenters. The number of aryl methyl sites for hydroxylation is 1. The fraction of sp³-hybridized carbons (Fsp3) is 0.389. The van der Waals surface area contributed by atoms with Crippen molar-refractivity contribution in [1.29, 1.82) is 0 Å². The summed E-state index contributed by atoms with van der Waals surface area (Å²) in [7, 11) is 0. The van der Waals surface area contributed by atoms with Crippen LogP contribution >= 0.6 is 11.3 Å². The highest BCUT2D eigenvalue weighted by molar-refractivity contribution is 7.14. The van der Waals surface area contributed by atoms with Crippen molar-refractivity contribution in [2.24, 2.45) is 0 Å². The Hall–Kier alpha value is -2.49. The molecule has 2 fully saturated rings. The van der Waals surface area contributed by atoms with E-state index in [-0.39, 0.29) is 12.0 Å². The molecule has 1 N–H and O–H groups in total. The predicted octanol–water partition coefficient (Wildman–Crippen LogP) is 1.87. The van der Waals surface area contributed by atoms with Crippen LogP contribution < -0.4 is 5.32 Å². The number of nitrogens with zero attached hydrogens (tertiary/aromatic N) is 5. The predicted molar refractivity (Wildman–Crippen MR) is 102 cm³/mol. The van der Waals surface area contributed by atoms with Gasteiger partial charge in [0.15, 0.2) is 5.82 Å². The molecule has 2 aliphatic heterocycles. The molecule has 1 aromatic carbocycles. The number of hydrogen-bond donors (Lipinski definition) is 1. The quantitative estimate of drug-likeness (QED) is 0.736. The molecule has 9 heteroatoms. The van der Waals surface area contributed by atoms with E-state index in [4.69, 9.17) is 4.74 Å². The molecule has 8 nitrogen and oxygen atoms in total. The lowest BCUT2D eigenvalue weighted by Gasteiger charge is -2.25. The van der Waals surface area contributed by atoms with Crippen molar-refractivity contribution in [3.05, 3.63) is 29.3 Å². The van der Waals surface area contributed by atoms with E-state index in [1.165, 1.54) is 0 Å². The molecule has 138 valence electrons. The molecule has 2 aliphatic rings. The van der Waals surface area contributed by atoms with Gasteiger partial charge in [-0.1, -0.05) is 11.3 Å². The zero-order valence-electron chi connectivity index (χ0n) is 14.8. The lowest BCUT2D eigenvalue weighted by molar-refractivity contribution is -0.118. The molecule has 5 rings (SSSR count). The molecule has 3 aromatic rings. The number of morpholine rings is 1. The average molecular weight is 382 g/mol. The molecule has 2 aromatic heterocycles. The van der Waals surface area contributed by atoms with Crippen LogP contribution in [0.2, 0.25) is 0 Å². The van der Waals surface area contributed by atoms with Gasteiger partial charge in [0.05, 0.1) is 24.8 Å². The van der Waals surface area contributed by atoms with Gasteiger partial charge >= 0.3 is 0 Å². The van der Waals surface area contributed by atoms with Crippen LogP contribution in [0.25, 0.3) is 21.5 Å². The highest BCUT2D eigenvalue weighted by Crippen LogP contribution is 2.28. The number of nitrogens with one attached hydrogen (secondary N) is 1. The highest BCUT2D eigenvalue weighted by atomic mass is 32.1. The number of aromatic nitrogens is 4. The Morgan fingerprint density at radius 1 is 1.30 bits per heavy atom. The maximum Gasteiger partial charge on any atom is 0.239 e. The summed E-state index contributed by atoms with van der Waals surface area (Å²) in [5, 5.41) is 22.1. The number of fused-ring (bicyclic) bond motifs is 3. The van der Waals surface area contributed by atoms with Crippen molar-refractivity contribution >= 4 is 34.0 Å². The molecule has 27 heavy (non-hydrogen) atoms. The van der Waals surface area contributed by atoms with Crippen molar-refractivity contribution in [3.63, 3.8) is 0 Å². The van der Waals surface area contributed by atoms with Crippen molar-refractivity contribution in [2.45, 2.75) is 25.5 Å². The van der Waals surface area contributed by atoms with Gasteiger partial charge in [-0.05, 0) is 37.6 Å². The van der Waals surface area contributed by atoms with Crippen LogP contribution in [-0.2, 0) is 9.53 Å². The molecule has 2 saturated heterocycles. The zero-order valence-corrected chi connectivity index (χ0v) is 15.6. The summed E-state index contributed by atoms with van der Waals surface area (Å²) < 4.78 is 5.57. The third-order valence-corrected chi connectivity index (χ3v) is 5.87. The Labute approximate surface area is 159 Å². The molecular weight excluding hydrogens is 364 g/mol. The molecule has 0 aliphatic carbocycles. The van der Waals surface area contributed by atoms with Crippen LogP contribution in [0.3, 0.4) is 0 Å². The Balaban J connectivity index is 1.33. The molecule has 2 bridgehead atoms. The normalized spacial score (nSPS) is 21.8. The molecular formula is C18H18N6O2S. The van der Waals surface area contributed by atoms with Gasteiger partial charge < -0.3 is 10.1 Å². The van der Waals surface area contributed by atoms with E-state index in [1.54, 1.807) is 11.3 Å². The number of carbonyl (C=O) groups excluding carboxylic acids is 1. The van der Waals surface area contributed by atoms with Crippen molar-refractivity contribution in [2.75, 3.05) is 25.0 Å². The van der Waals surface area contributed by atoms with Gasteiger partial charge in [-0.3, -0.25) is 9.69 Å². The standard InChI is InChI=1S/C18H18N6O2S/c1-10-20-23-18(27-10)11-2-3-15-12(4-11)5-16(22-21-15)19-17(25)8-24-7-14-6-13(24)9-26-14/h2-5,13-14H,6-9H2,1H3,(H,19,22,25)/t13-,14-/m1/s1. The van der Waals surface area contributed by atoms with Gasteiger partial charge in [0.1, 0.15) is 10.0 Å². The summed E-state index contributed by atoms with van der Waals surface area (Å²) >= 11 is 1.54. The van der Waals surface area contributed by atoms with Gasteiger partial charge in [0.2, 0.25) is 5.91 Å². The molecule has 0 spiro atoms. The first-order valence-corrected chi connectivity index (χ1v) is 9.69. The number of hydrogen-bond acceptors (Lipinski definition) is 8. The summed E-state index contributed by atoms with van der Waals surface area (Å²) in [6.07, 6.45) is 1.31. The topological polar surface area (TPSA) is 93.1 Å². The summed E-state index contributed by atoms with van der Waals surface area (Å²) in [6, 6.07) is 8.06. The molecule has 1 amide bonds. The van der Waals surface area contributed by atoms with Gasteiger partial charge in [-0.2, -0.15) is 0 Å². The number of anilines is 1. The zero-order chi connectivity index (χ0) is 18.4. The molecule has 0 radical (unpaired) electrons. The van der Waals surface area contributed by atoms with E-state index in [0.717, 1.165) is 46.1 Å². The minimum absolute atomic E-state index is 0.0768. The number of carbonyl (C=O) groups is 1. The van der Waals surface area contributed by atoms with Gasteiger partial charge in [-0.15, -0.1) is 20.4 Å². The molecule has 4 heterocycles. The average Bonchev–Trinajstić information content (AvgIpc) is 3.38. The maximum absolute atomic E-state index is 12.4. The van der Waals surface area contributed by atoms with E-state index < -0.39 is 0 Å². The molecule has 0 unspecified atom stereocenters. The highest BCUT2D eigenvalue weighted by Gasteiger charge is 2.39. The first-order chi connectivity index (χ1) is 13.1. The van der Waals surface area contributed by atoms with Gasteiger partial charge in [0, 0.05) is 23.5 Å². The van der Waals surface area contributed by atoms with Crippen LogP contribution in [0.15, 0.2) is 24.3 Å². The summed E-state index contributed by atoms with van der Waals surface area (Å²) in [5.74, 6) is 0.380. The summed E-state index contributed by atoms with van der Waals surface area (Å²) in [6.45, 7) is 3.84. The van der Waals surface area contributed by atoms with E-state index in [2.05, 4.69) is 30.6 Å². The Kier molecular flexibility index (Phi) is 4.07.